The molecule has 0 aromatic carbocycles. The van der Waals surface area contributed by atoms with E-state index >= 15 is 0 Å². The van der Waals surface area contributed by atoms with Crippen molar-refractivity contribution in [2.24, 2.45) is 0 Å². The largest absolute Gasteiger partial charge is 0.298 e. The average molecular weight is 194 g/mol. The van der Waals surface area contributed by atoms with Crippen molar-refractivity contribution in [3.8, 4) is 0 Å². The Bertz CT molecular complexity index is 214. The molecule has 80 valence electrons. The van der Waals surface area contributed by atoms with Gasteiger partial charge < -0.3 is 0 Å². The summed E-state index contributed by atoms with van der Waals surface area (Å²) in [6, 6.07) is 2.05. The Morgan fingerprint density at radius 1 is 1.43 bits per heavy atom. The van der Waals surface area contributed by atoms with Crippen LogP contribution in [0.1, 0.15) is 26.7 Å². The van der Waals surface area contributed by atoms with E-state index in [1.807, 2.05) is 0 Å². The van der Waals surface area contributed by atoms with Gasteiger partial charge in [0.05, 0.1) is 0 Å². The van der Waals surface area contributed by atoms with E-state index in [2.05, 4.69) is 36.3 Å². The lowest BCUT2D eigenvalue weighted by Crippen LogP contribution is -2.57. The molecule has 2 heterocycles. The Kier molecular flexibility index (Phi) is 2.93. The first-order valence-corrected chi connectivity index (χ1v) is 5.84. The van der Waals surface area contributed by atoms with Crippen LogP contribution in [-0.4, -0.2) is 47.6 Å². The summed E-state index contributed by atoms with van der Waals surface area (Å²) < 4.78 is 0. The first kappa shape index (κ1) is 10.2. The summed E-state index contributed by atoms with van der Waals surface area (Å²) in [5.41, 5.74) is 0. The Hall–Kier alpha value is -0.340. The zero-order valence-electron chi connectivity index (χ0n) is 9.45. The third-order valence-electron chi connectivity index (χ3n) is 3.85. The lowest BCUT2D eigenvalue weighted by molar-refractivity contribution is 0.0457. The van der Waals surface area contributed by atoms with Gasteiger partial charge in [-0.15, -0.1) is 6.58 Å². The topological polar surface area (TPSA) is 6.48 Å². The van der Waals surface area contributed by atoms with E-state index in [4.69, 9.17) is 0 Å². The Labute approximate surface area is 87.6 Å². The van der Waals surface area contributed by atoms with Crippen LogP contribution < -0.4 is 0 Å². The molecule has 2 aliphatic heterocycles. The highest BCUT2D eigenvalue weighted by Gasteiger charge is 2.35. The molecule has 0 amide bonds. The van der Waals surface area contributed by atoms with E-state index < -0.39 is 0 Å². The molecule has 2 aliphatic rings. The molecule has 0 bridgehead atoms. The summed E-state index contributed by atoms with van der Waals surface area (Å²) in [4.78, 5) is 5.26. The molecule has 2 heteroatoms. The third kappa shape index (κ3) is 1.73. The van der Waals surface area contributed by atoms with E-state index in [9.17, 15) is 0 Å². The maximum absolute atomic E-state index is 3.90. The number of piperazine rings is 1. The second-order valence-corrected chi connectivity index (χ2v) is 4.81. The quantitative estimate of drug-likeness (QED) is 0.618. The van der Waals surface area contributed by atoms with Crippen LogP contribution in [0.2, 0.25) is 0 Å². The molecule has 14 heavy (non-hydrogen) atoms. The zero-order valence-corrected chi connectivity index (χ0v) is 9.45. The summed E-state index contributed by atoms with van der Waals surface area (Å²) in [5, 5.41) is 0. The highest BCUT2D eigenvalue weighted by molar-refractivity contribution is 4.96. The van der Waals surface area contributed by atoms with E-state index in [0.29, 0.717) is 12.1 Å². The van der Waals surface area contributed by atoms with Crippen LogP contribution in [0.5, 0.6) is 0 Å². The first-order valence-electron chi connectivity index (χ1n) is 5.84. The fraction of sp³-hybridized carbons (Fsp3) is 0.833. The van der Waals surface area contributed by atoms with Gasteiger partial charge in [0.2, 0.25) is 0 Å². The molecule has 2 saturated heterocycles. The number of hydrogen-bond donors (Lipinski definition) is 0. The SMILES string of the molecule is C=CC(C)N1CC2CCCN2CC1C. The summed E-state index contributed by atoms with van der Waals surface area (Å²) in [5.74, 6) is 0. The van der Waals surface area contributed by atoms with Crippen molar-refractivity contribution < 1.29 is 0 Å². The molecule has 0 aromatic rings. The second-order valence-electron chi connectivity index (χ2n) is 4.81. The average Bonchev–Trinajstić information content (AvgIpc) is 2.62. The van der Waals surface area contributed by atoms with Crippen molar-refractivity contribution in [3.63, 3.8) is 0 Å². The first-order chi connectivity index (χ1) is 6.72. The van der Waals surface area contributed by atoms with Crippen molar-refractivity contribution in [2.45, 2.75) is 44.8 Å². The minimum atomic E-state index is 0.535. The molecule has 0 saturated carbocycles. The van der Waals surface area contributed by atoms with Crippen molar-refractivity contribution in [1.82, 2.24) is 9.80 Å². The van der Waals surface area contributed by atoms with Crippen LogP contribution in [0.4, 0.5) is 0 Å². The molecule has 0 aromatic heterocycles. The monoisotopic (exact) mass is 194 g/mol. The Morgan fingerprint density at radius 2 is 2.21 bits per heavy atom. The maximum Gasteiger partial charge on any atom is 0.0251 e. The van der Waals surface area contributed by atoms with Crippen LogP contribution >= 0.6 is 0 Å². The van der Waals surface area contributed by atoms with Gasteiger partial charge in [0.25, 0.3) is 0 Å². The van der Waals surface area contributed by atoms with Gasteiger partial charge in [-0.05, 0) is 33.2 Å². The van der Waals surface area contributed by atoms with Gasteiger partial charge in [0.1, 0.15) is 0 Å². The van der Waals surface area contributed by atoms with Crippen LogP contribution in [0.25, 0.3) is 0 Å². The molecule has 0 N–H and O–H groups in total. The molecule has 2 rings (SSSR count). The number of hydrogen-bond acceptors (Lipinski definition) is 2. The summed E-state index contributed by atoms with van der Waals surface area (Å²) in [6.45, 7) is 12.3. The van der Waals surface area contributed by atoms with Gasteiger partial charge >= 0.3 is 0 Å². The van der Waals surface area contributed by atoms with Crippen molar-refractivity contribution in [3.05, 3.63) is 12.7 Å². The molecule has 2 nitrogen and oxygen atoms in total. The molecule has 2 fully saturated rings. The maximum atomic E-state index is 3.90. The van der Waals surface area contributed by atoms with E-state index in [-0.39, 0.29) is 0 Å². The molecule has 0 spiro atoms. The summed E-state index contributed by atoms with van der Waals surface area (Å²) in [6.07, 6.45) is 4.86. The zero-order chi connectivity index (χ0) is 10.1. The van der Waals surface area contributed by atoms with Gasteiger partial charge in [-0.2, -0.15) is 0 Å². The van der Waals surface area contributed by atoms with Gasteiger partial charge in [-0.25, -0.2) is 0 Å². The van der Waals surface area contributed by atoms with Crippen molar-refractivity contribution in [1.29, 1.82) is 0 Å². The Morgan fingerprint density at radius 3 is 2.93 bits per heavy atom. The molecular weight excluding hydrogens is 172 g/mol. The van der Waals surface area contributed by atoms with E-state index in [1.165, 1.54) is 32.5 Å². The molecular formula is C12H22N2. The van der Waals surface area contributed by atoms with Gasteiger partial charge in [0, 0.05) is 31.2 Å². The summed E-state index contributed by atoms with van der Waals surface area (Å²) in [7, 11) is 0. The summed E-state index contributed by atoms with van der Waals surface area (Å²) >= 11 is 0. The third-order valence-corrected chi connectivity index (χ3v) is 3.85. The molecule has 3 unspecified atom stereocenters. The van der Waals surface area contributed by atoms with Crippen LogP contribution in [0.3, 0.4) is 0 Å². The number of nitrogens with zero attached hydrogens (tertiary/aromatic N) is 2. The normalized spacial score (nSPS) is 36.7. The standard InChI is InChI=1S/C12H22N2/c1-4-10(2)14-9-12-6-5-7-13(12)8-11(14)3/h4,10-12H,1,5-9H2,2-3H3. The van der Waals surface area contributed by atoms with Gasteiger partial charge in [0.15, 0.2) is 0 Å². The highest BCUT2D eigenvalue weighted by Crippen LogP contribution is 2.25. The van der Waals surface area contributed by atoms with Crippen LogP contribution in [0, 0.1) is 0 Å². The Balaban J connectivity index is 2.02. The number of fused-ring (bicyclic) bond motifs is 1. The second kappa shape index (κ2) is 4.03. The minimum absolute atomic E-state index is 0.535. The van der Waals surface area contributed by atoms with Gasteiger partial charge in [-0.3, -0.25) is 9.80 Å². The van der Waals surface area contributed by atoms with E-state index in [1.54, 1.807) is 0 Å². The minimum Gasteiger partial charge on any atom is -0.298 e. The van der Waals surface area contributed by atoms with Crippen molar-refractivity contribution >= 4 is 0 Å². The predicted molar refractivity (Wildman–Crippen MR) is 60.4 cm³/mol. The van der Waals surface area contributed by atoms with Gasteiger partial charge in [-0.1, -0.05) is 6.08 Å². The smallest absolute Gasteiger partial charge is 0.0251 e. The fourth-order valence-corrected chi connectivity index (χ4v) is 2.91. The van der Waals surface area contributed by atoms with E-state index in [0.717, 1.165) is 6.04 Å². The van der Waals surface area contributed by atoms with Crippen LogP contribution in [0.15, 0.2) is 12.7 Å². The lowest BCUT2D eigenvalue weighted by Gasteiger charge is -2.44. The fourth-order valence-electron chi connectivity index (χ4n) is 2.91. The molecule has 0 aliphatic carbocycles. The van der Waals surface area contributed by atoms with Crippen molar-refractivity contribution in [2.75, 3.05) is 19.6 Å². The number of rotatable bonds is 2. The highest BCUT2D eigenvalue weighted by atomic mass is 15.3. The predicted octanol–water partition coefficient (Wildman–Crippen LogP) is 1.73. The molecule has 0 radical (unpaired) electrons. The molecule has 3 atom stereocenters. The van der Waals surface area contributed by atoms with Crippen LogP contribution in [-0.2, 0) is 0 Å². The lowest BCUT2D eigenvalue weighted by atomic mass is 10.1.